The third-order valence-corrected chi connectivity index (χ3v) is 3.29. The van der Waals surface area contributed by atoms with Crippen molar-refractivity contribution < 1.29 is 4.79 Å². The van der Waals surface area contributed by atoms with Crippen LogP contribution in [0.1, 0.15) is 26.3 Å². The molecule has 0 aliphatic carbocycles. The molecule has 3 nitrogen and oxygen atoms in total. The van der Waals surface area contributed by atoms with Crippen LogP contribution in [0.25, 0.3) is 0 Å². The number of thioether (sulfide) groups is 1. The maximum absolute atomic E-state index is 10.8. The first-order valence-electron chi connectivity index (χ1n) is 5.62. The summed E-state index contributed by atoms with van der Waals surface area (Å²) in [7, 11) is 0. The summed E-state index contributed by atoms with van der Waals surface area (Å²) < 4.78 is 0. The number of carbonyl (C=O) groups excluding carboxylic acids is 1. The maximum Gasteiger partial charge on any atom is 0.227 e. The summed E-state index contributed by atoms with van der Waals surface area (Å²) in [6.45, 7) is 7.19. The van der Waals surface area contributed by atoms with Gasteiger partial charge in [0.15, 0.2) is 0 Å². The zero-order valence-corrected chi connectivity index (χ0v) is 11.4. The number of nitrogens with one attached hydrogen (secondary N) is 1. The molecule has 4 heteroatoms. The highest BCUT2D eigenvalue weighted by Gasteiger charge is 2.10. The van der Waals surface area contributed by atoms with E-state index in [-0.39, 0.29) is 11.4 Å². The molecule has 0 spiro atoms. The second-order valence-electron chi connectivity index (χ2n) is 4.97. The van der Waals surface area contributed by atoms with Gasteiger partial charge in [-0.05, 0) is 32.4 Å². The van der Waals surface area contributed by atoms with Crippen LogP contribution in [0, 0.1) is 0 Å². The van der Waals surface area contributed by atoms with Crippen molar-refractivity contribution >= 4 is 17.7 Å². The van der Waals surface area contributed by atoms with Gasteiger partial charge in [0.25, 0.3) is 0 Å². The first kappa shape index (κ1) is 14.1. The molecule has 0 radical (unpaired) electrons. The van der Waals surface area contributed by atoms with Gasteiger partial charge < -0.3 is 11.1 Å². The van der Waals surface area contributed by atoms with E-state index in [0.29, 0.717) is 5.75 Å². The van der Waals surface area contributed by atoms with E-state index < -0.39 is 0 Å². The maximum atomic E-state index is 10.8. The molecule has 0 aromatic heterocycles. The summed E-state index contributed by atoms with van der Waals surface area (Å²) in [5, 5.41) is 3.44. The smallest absolute Gasteiger partial charge is 0.227 e. The second-order valence-corrected chi connectivity index (χ2v) is 5.98. The Morgan fingerprint density at radius 2 is 2.00 bits per heavy atom. The summed E-state index contributed by atoms with van der Waals surface area (Å²) in [6.07, 6.45) is 0. The fourth-order valence-electron chi connectivity index (χ4n) is 1.30. The number of hydrogen-bond donors (Lipinski definition) is 2. The zero-order valence-electron chi connectivity index (χ0n) is 10.6. The van der Waals surface area contributed by atoms with Crippen molar-refractivity contribution in [1.29, 1.82) is 0 Å². The van der Waals surface area contributed by atoms with Gasteiger partial charge in [-0.3, -0.25) is 4.79 Å². The Labute approximate surface area is 107 Å². The summed E-state index contributed by atoms with van der Waals surface area (Å²) in [6, 6.07) is 8.08. The molecule has 1 amide bonds. The van der Waals surface area contributed by atoms with Crippen LogP contribution in [0.4, 0.5) is 0 Å². The van der Waals surface area contributed by atoms with E-state index in [0.717, 1.165) is 11.4 Å². The standard InChI is InChI=1S/C13H20N2OS/c1-13(2,3)15-8-10-6-4-5-7-11(10)17-9-12(14)16/h4-7,15H,8-9H2,1-3H3,(H2,14,16). The molecule has 3 N–H and O–H groups in total. The van der Waals surface area contributed by atoms with Gasteiger partial charge in [-0.25, -0.2) is 0 Å². The summed E-state index contributed by atoms with van der Waals surface area (Å²) >= 11 is 1.49. The van der Waals surface area contributed by atoms with Crippen molar-refractivity contribution in [2.24, 2.45) is 5.73 Å². The molecule has 94 valence electrons. The second kappa shape index (κ2) is 6.07. The molecule has 0 saturated carbocycles. The van der Waals surface area contributed by atoms with Crippen molar-refractivity contribution in [2.75, 3.05) is 5.75 Å². The Morgan fingerprint density at radius 3 is 2.59 bits per heavy atom. The minimum atomic E-state index is -0.284. The van der Waals surface area contributed by atoms with Crippen LogP contribution >= 0.6 is 11.8 Å². The average molecular weight is 252 g/mol. The van der Waals surface area contributed by atoms with Crippen LogP contribution in [-0.2, 0) is 11.3 Å². The van der Waals surface area contributed by atoms with Gasteiger partial charge in [0.1, 0.15) is 0 Å². The fourth-order valence-corrected chi connectivity index (χ4v) is 2.10. The molecule has 1 aromatic carbocycles. The van der Waals surface area contributed by atoms with E-state index in [9.17, 15) is 4.79 Å². The number of primary amides is 1. The number of hydrogen-bond acceptors (Lipinski definition) is 3. The molecule has 1 rings (SSSR count). The monoisotopic (exact) mass is 252 g/mol. The SMILES string of the molecule is CC(C)(C)NCc1ccccc1SCC(N)=O. The largest absolute Gasteiger partial charge is 0.369 e. The highest BCUT2D eigenvalue weighted by Crippen LogP contribution is 2.22. The summed E-state index contributed by atoms with van der Waals surface area (Å²) in [4.78, 5) is 11.9. The number of nitrogens with two attached hydrogens (primary N) is 1. The van der Waals surface area contributed by atoms with E-state index in [2.05, 4.69) is 32.2 Å². The quantitative estimate of drug-likeness (QED) is 0.790. The first-order valence-corrected chi connectivity index (χ1v) is 6.61. The molecule has 0 unspecified atom stereocenters. The number of carbonyl (C=O) groups is 1. The fraction of sp³-hybridized carbons (Fsp3) is 0.462. The lowest BCUT2D eigenvalue weighted by Gasteiger charge is -2.21. The average Bonchev–Trinajstić information content (AvgIpc) is 2.23. The van der Waals surface area contributed by atoms with E-state index in [1.807, 2.05) is 18.2 Å². The molecule has 17 heavy (non-hydrogen) atoms. The predicted octanol–water partition coefficient (Wildman–Crippen LogP) is 2.15. The van der Waals surface area contributed by atoms with Crippen LogP contribution < -0.4 is 11.1 Å². The molecule has 0 aliphatic rings. The van der Waals surface area contributed by atoms with Gasteiger partial charge in [0.2, 0.25) is 5.91 Å². The third kappa shape index (κ3) is 5.75. The summed E-state index contributed by atoms with van der Waals surface area (Å²) in [5.41, 5.74) is 6.45. The van der Waals surface area contributed by atoms with Gasteiger partial charge in [-0.1, -0.05) is 18.2 Å². The molecule has 0 aliphatic heterocycles. The Balaban J connectivity index is 2.67. The third-order valence-electron chi connectivity index (χ3n) is 2.15. The van der Waals surface area contributed by atoms with Crippen LogP contribution in [0.3, 0.4) is 0 Å². The molecule has 1 aromatic rings. The van der Waals surface area contributed by atoms with E-state index in [1.165, 1.54) is 17.3 Å². The number of amides is 1. The van der Waals surface area contributed by atoms with Crippen LogP contribution in [0.2, 0.25) is 0 Å². The van der Waals surface area contributed by atoms with Gasteiger partial charge >= 0.3 is 0 Å². The number of benzene rings is 1. The van der Waals surface area contributed by atoms with Gasteiger partial charge in [-0.15, -0.1) is 11.8 Å². The molecule has 0 saturated heterocycles. The van der Waals surface area contributed by atoms with Crippen molar-refractivity contribution in [3.8, 4) is 0 Å². The van der Waals surface area contributed by atoms with Crippen LogP contribution in [-0.4, -0.2) is 17.2 Å². The van der Waals surface area contributed by atoms with E-state index >= 15 is 0 Å². The predicted molar refractivity (Wildman–Crippen MR) is 73.0 cm³/mol. The van der Waals surface area contributed by atoms with Crippen LogP contribution in [0.5, 0.6) is 0 Å². The van der Waals surface area contributed by atoms with Gasteiger partial charge in [0, 0.05) is 17.0 Å². The minimum Gasteiger partial charge on any atom is -0.369 e. The number of rotatable bonds is 5. The van der Waals surface area contributed by atoms with Crippen LogP contribution in [0.15, 0.2) is 29.2 Å². The Kier molecular flexibility index (Phi) is 5.02. The Bertz CT molecular complexity index is 385. The van der Waals surface area contributed by atoms with Gasteiger partial charge in [-0.2, -0.15) is 0 Å². The molecular weight excluding hydrogens is 232 g/mol. The summed E-state index contributed by atoms with van der Waals surface area (Å²) in [5.74, 6) is 0.0422. The van der Waals surface area contributed by atoms with E-state index in [4.69, 9.17) is 5.73 Å². The van der Waals surface area contributed by atoms with E-state index in [1.54, 1.807) is 0 Å². The Hall–Kier alpha value is -1.00. The first-order chi connectivity index (χ1) is 7.88. The molecule has 0 bridgehead atoms. The molecule has 0 fully saturated rings. The van der Waals surface area contributed by atoms with Crippen molar-refractivity contribution in [3.63, 3.8) is 0 Å². The lowest BCUT2D eigenvalue weighted by molar-refractivity contribution is -0.115. The molecular formula is C13H20N2OS. The molecule has 0 heterocycles. The topological polar surface area (TPSA) is 55.1 Å². The highest BCUT2D eigenvalue weighted by atomic mass is 32.2. The normalized spacial score (nSPS) is 11.5. The lowest BCUT2D eigenvalue weighted by Crippen LogP contribution is -2.35. The molecule has 0 atom stereocenters. The van der Waals surface area contributed by atoms with Crippen molar-refractivity contribution in [3.05, 3.63) is 29.8 Å². The lowest BCUT2D eigenvalue weighted by atomic mass is 10.1. The van der Waals surface area contributed by atoms with Crippen molar-refractivity contribution in [2.45, 2.75) is 37.8 Å². The highest BCUT2D eigenvalue weighted by molar-refractivity contribution is 8.00. The zero-order chi connectivity index (χ0) is 12.9. The van der Waals surface area contributed by atoms with Crippen molar-refractivity contribution in [1.82, 2.24) is 5.32 Å². The van der Waals surface area contributed by atoms with Gasteiger partial charge in [0.05, 0.1) is 5.75 Å². The Morgan fingerprint density at radius 1 is 1.35 bits per heavy atom. The minimum absolute atomic E-state index is 0.0848.